The summed E-state index contributed by atoms with van der Waals surface area (Å²) in [7, 11) is 0. The molecule has 0 radical (unpaired) electrons. The molecule has 1 aromatic heterocycles. The van der Waals surface area contributed by atoms with Crippen molar-refractivity contribution in [3.63, 3.8) is 0 Å². The van der Waals surface area contributed by atoms with Crippen LogP contribution in [0.4, 0.5) is 5.82 Å². The quantitative estimate of drug-likeness (QED) is 0.875. The van der Waals surface area contributed by atoms with E-state index in [9.17, 15) is 0 Å². The SMILES string of the molecule is CCNc1nc(CSCC)nc2c1CSC2. The number of aromatic nitrogens is 2. The second-order valence-corrected chi connectivity index (χ2v) is 5.83. The van der Waals surface area contributed by atoms with Crippen LogP contribution in [0.25, 0.3) is 0 Å². The molecule has 16 heavy (non-hydrogen) atoms. The van der Waals surface area contributed by atoms with E-state index in [1.807, 2.05) is 23.5 Å². The van der Waals surface area contributed by atoms with Crippen LogP contribution in [0.1, 0.15) is 30.9 Å². The van der Waals surface area contributed by atoms with Crippen LogP contribution in [-0.4, -0.2) is 22.3 Å². The Kier molecular flexibility index (Phi) is 4.35. The molecule has 0 saturated carbocycles. The lowest BCUT2D eigenvalue weighted by Crippen LogP contribution is -2.08. The number of hydrogen-bond acceptors (Lipinski definition) is 5. The average molecular weight is 255 g/mol. The second-order valence-electron chi connectivity index (χ2n) is 3.57. The Balaban J connectivity index is 2.24. The molecule has 1 aliphatic rings. The van der Waals surface area contributed by atoms with Crippen molar-refractivity contribution in [3.8, 4) is 0 Å². The summed E-state index contributed by atoms with van der Waals surface area (Å²) in [6.45, 7) is 5.20. The van der Waals surface area contributed by atoms with Crippen LogP contribution in [0.3, 0.4) is 0 Å². The summed E-state index contributed by atoms with van der Waals surface area (Å²) in [5.41, 5.74) is 2.56. The van der Waals surface area contributed by atoms with Gasteiger partial charge in [0, 0.05) is 23.6 Å². The summed E-state index contributed by atoms with van der Waals surface area (Å²) in [5.74, 6) is 6.17. The van der Waals surface area contributed by atoms with Crippen molar-refractivity contribution in [2.75, 3.05) is 17.6 Å². The van der Waals surface area contributed by atoms with Gasteiger partial charge < -0.3 is 5.32 Å². The number of hydrogen-bond donors (Lipinski definition) is 1. The van der Waals surface area contributed by atoms with E-state index < -0.39 is 0 Å². The van der Waals surface area contributed by atoms with Crippen LogP contribution >= 0.6 is 23.5 Å². The number of nitrogens with one attached hydrogen (secondary N) is 1. The summed E-state index contributed by atoms with van der Waals surface area (Å²) in [4.78, 5) is 9.26. The Bertz CT molecular complexity index is 368. The normalized spacial score (nSPS) is 13.9. The molecule has 1 aliphatic heterocycles. The smallest absolute Gasteiger partial charge is 0.140 e. The zero-order chi connectivity index (χ0) is 11.4. The predicted octanol–water partition coefficient (Wildman–Crippen LogP) is 2.91. The maximum atomic E-state index is 4.64. The van der Waals surface area contributed by atoms with Gasteiger partial charge in [-0.15, -0.1) is 0 Å². The van der Waals surface area contributed by atoms with Gasteiger partial charge in [0.25, 0.3) is 0 Å². The molecule has 0 unspecified atom stereocenters. The van der Waals surface area contributed by atoms with Gasteiger partial charge in [0.15, 0.2) is 0 Å². The third kappa shape index (κ3) is 2.63. The first kappa shape index (κ1) is 12.0. The van der Waals surface area contributed by atoms with Gasteiger partial charge in [-0.2, -0.15) is 23.5 Å². The zero-order valence-corrected chi connectivity index (χ0v) is 11.4. The highest BCUT2D eigenvalue weighted by Gasteiger charge is 2.19. The number of fused-ring (bicyclic) bond motifs is 1. The van der Waals surface area contributed by atoms with E-state index in [1.165, 1.54) is 11.3 Å². The van der Waals surface area contributed by atoms with Crippen molar-refractivity contribution in [2.24, 2.45) is 0 Å². The van der Waals surface area contributed by atoms with E-state index in [4.69, 9.17) is 0 Å². The maximum absolute atomic E-state index is 4.64. The van der Waals surface area contributed by atoms with Crippen molar-refractivity contribution in [1.29, 1.82) is 0 Å². The molecule has 2 rings (SSSR count). The van der Waals surface area contributed by atoms with Gasteiger partial charge in [-0.3, -0.25) is 0 Å². The fourth-order valence-corrected chi connectivity index (χ4v) is 3.23. The van der Waals surface area contributed by atoms with Crippen LogP contribution in [-0.2, 0) is 17.3 Å². The van der Waals surface area contributed by atoms with E-state index in [0.717, 1.165) is 41.2 Å². The highest BCUT2D eigenvalue weighted by atomic mass is 32.2. The lowest BCUT2D eigenvalue weighted by molar-refractivity contribution is 0.965. The average Bonchev–Trinajstić information content (AvgIpc) is 2.75. The van der Waals surface area contributed by atoms with Crippen LogP contribution in [0.5, 0.6) is 0 Å². The van der Waals surface area contributed by atoms with Gasteiger partial charge in [0.05, 0.1) is 11.4 Å². The molecule has 0 atom stereocenters. The molecule has 0 amide bonds. The van der Waals surface area contributed by atoms with Gasteiger partial charge in [-0.05, 0) is 12.7 Å². The van der Waals surface area contributed by atoms with E-state index >= 15 is 0 Å². The first-order valence-electron chi connectivity index (χ1n) is 5.63. The van der Waals surface area contributed by atoms with Crippen molar-refractivity contribution >= 4 is 29.3 Å². The minimum Gasteiger partial charge on any atom is -0.370 e. The second kappa shape index (κ2) is 5.77. The molecule has 0 aromatic carbocycles. The number of nitrogens with zero attached hydrogens (tertiary/aromatic N) is 2. The summed E-state index contributed by atoms with van der Waals surface area (Å²) in [6, 6.07) is 0. The Morgan fingerprint density at radius 2 is 2.19 bits per heavy atom. The van der Waals surface area contributed by atoms with Crippen LogP contribution in [0, 0.1) is 0 Å². The summed E-state index contributed by atoms with van der Waals surface area (Å²) >= 11 is 3.80. The van der Waals surface area contributed by atoms with Crippen molar-refractivity contribution in [2.45, 2.75) is 31.1 Å². The standard InChI is InChI=1S/C11H17N3S2/c1-3-12-11-8-5-16-6-9(8)13-10(14-11)7-15-4-2/h3-7H2,1-2H3,(H,12,13,14). The van der Waals surface area contributed by atoms with Crippen LogP contribution in [0.2, 0.25) is 0 Å². The molecular formula is C11H17N3S2. The number of anilines is 1. The molecule has 0 aliphatic carbocycles. The first-order valence-corrected chi connectivity index (χ1v) is 7.94. The predicted molar refractivity (Wildman–Crippen MR) is 73.0 cm³/mol. The first-order chi connectivity index (χ1) is 7.85. The number of rotatable bonds is 5. The summed E-state index contributed by atoms with van der Waals surface area (Å²) in [6.07, 6.45) is 0. The van der Waals surface area contributed by atoms with E-state index in [2.05, 4.69) is 29.1 Å². The molecule has 1 aromatic rings. The van der Waals surface area contributed by atoms with Crippen molar-refractivity contribution < 1.29 is 0 Å². The maximum Gasteiger partial charge on any atom is 0.140 e. The lowest BCUT2D eigenvalue weighted by Gasteiger charge is -2.10. The van der Waals surface area contributed by atoms with Crippen molar-refractivity contribution in [1.82, 2.24) is 9.97 Å². The molecule has 2 heterocycles. The Hall–Kier alpha value is -0.420. The molecule has 0 fully saturated rings. The molecule has 0 saturated heterocycles. The summed E-state index contributed by atoms with van der Waals surface area (Å²) in [5, 5.41) is 3.35. The Morgan fingerprint density at radius 3 is 2.94 bits per heavy atom. The third-order valence-corrected chi connectivity index (χ3v) is 4.24. The fourth-order valence-electron chi connectivity index (χ4n) is 1.67. The minimum atomic E-state index is 0.923. The highest BCUT2D eigenvalue weighted by Crippen LogP contribution is 2.33. The molecule has 5 heteroatoms. The van der Waals surface area contributed by atoms with Crippen LogP contribution in [0.15, 0.2) is 0 Å². The third-order valence-electron chi connectivity index (χ3n) is 2.40. The van der Waals surface area contributed by atoms with E-state index in [-0.39, 0.29) is 0 Å². The molecular weight excluding hydrogens is 238 g/mol. The summed E-state index contributed by atoms with van der Waals surface area (Å²) < 4.78 is 0. The lowest BCUT2D eigenvalue weighted by atomic mass is 10.2. The molecule has 0 spiro atoms. The van der Waals surface area contributed by atoms with Gasteiger partial charge in [0.1, 0.15) is 11.6 Å². The zero-order valence-electron chi connectivity index (χ0n) is 9.75. The molecule has 3 nitrogen and oxygen atoms in total. The number of thioether (sulfide) groups is 2. The van der Waals surface area contributed by atoms with Crippen LogP contribution < -0.4 is 5.32 Å². The Morgan fingerprint density at radius 1 is 1.31 bits per heavy atom. The van der Waals surface area contributed by atoms with Crippen molar-refractivity contribution in [3.05, 3.63) is 17.1 Å². The van der Waals surface area contributed by atoms with Gasteiger partial charge in [-0.25, -0.2) is 9.97 Å². The highest BCUT2D eigenvalue weighted by molar-refractivity contribution is 7.98. The van der Waals surface area contributed by atoms with Gasteiger partial charge >= 0.3 is 0 Å². The van der Waals surface area contributed by atoms with E-state index in [0.29, 0.717) is 0 Å². The Labute approximate surface area is 105 Å². The van der Waals surface area contributed by atoms with E-state index in [1.54, 1.807) is 0 Å². The topological polar surface area (TPSA) is 37.8 Å². The van der Waals surface area contributed by atoms with Gasteiger partial charge in [-0.1, -0.05) is 6.92 Å². The fraction of sp³-hybridized carbons (Fsp3) is 0.636. The largest absolute Gasteiger partial charge is 0.370 e. The monoisotopic (exact) mass is 255 g/mol. The molecule has 1 N–H and O–H groups in total. The molecule has 0 bridgehead atoms. The minimum absolute atomic E-state index is 0.923. The molecule has 88 valence electrons. The van der Waals surface area contributed by atoms with Gasteiger partial charge in [0.2, 0.25) is 0 Å².